The van der Waals surface area contributed by atoms with Crippen LogP contribution in [0.15, 0.2) is 54.6 Å². The first kappa shape index (κ1) is 22.3. The number of unbranched alkanes of at least 4 members (excludes halogenated alkanes) is 3. The van der Waals surface area contributed by atoms with Crippen LogP contribution in [0.25, 0.3) is 0 Å². The molecule has 0 aliphatic rings. The minimum absolute atomic E-state index is 0.143. The molecule has 0 radical (unpaired) electrons. The Labute approximate surface area is 167 Å². The molecule has 2 rings (SSSR count). The third-order valence-corrected chi connectivity index (χ3v) is 4.32. The molecule has 1 N–H and O–H groups in total. The predicted molar refractivity (Wildman–Crippen MR) is 104 cm³/mol. The van der Waals surface area contributed by atoms with Gasteiger partial charge in [0.05, 0.1) is 0 Å². The Balaban J connectivity index is 1.74. The molecule has 2 aromatic carbocycles. The minimum atomic E-state index is -4.77. The van der Waals surface area contributed by atoms with E-state index >= 15 is 0 Å². The first-order valence-corrected chi connectivity index (χ1v) is 9.37. The SMILES string of the molecule is O=C(CCCCCCC(=O)C(F)(F)F)Nc1cccc(C(=O)c2ccccc2)c1. The van der Waals surface area contributed by atoms with Crippen molar-refractivity contribution in [1.29, 1.82) is 0 Å². The first-order valence-electron chi connectivity index (χ1n) is 9.37. The van der Waals surface area contributed by atoms with Crippen molar-refractivity contribution in [2.24, 2.45) is 0 Å². The van der Waals surface area contributed by atoms with E-state index in [2.05, 4.69) is 5.32 Å². The predicted octanol–water partition coefficient (Wildman–Crippen LogP) is 5.33. The normalized spacial score (nSPS) is 11.1. The summed E-state index contributed by atoms with van der Waals surface area (Å²) in [7, 11) is 0. The van der Waals surface area contributed by atoms with E-state index in [1.807, 2.05) is 6.07 Å². The molecule has 1 amide bonds. The van der Waals surface area contributed by atoms with Crippen LogP contribution in [-0.2, 0) is 9.59 Å². The lowest BCUT2D eigenvalue weighted by Gasteiger charge is -2.08. The van der Waals surface area contributed by atoms with Crippen LogP contribution in [0.3, 0.4) is 0 Å². The third-order valence-electron chi connectivity index (χ3n) is 4.32. The van der Waals surface area contributed by atoms with Crippen LogP contribution in [-0.4, -0.2) is 23.6 Å². The fourth-order valence-corrected chi connectivity index (χ4v) is 2.78. The summed E-state index contributed by atoms with van der Waals surface area (Å²) in [5, 5.41) is 2.72. The molecule has 0 unspecified atom stereocenters. The molecule has 0 heterocycles. The first-order chi connectivity index (χ1) is 13.8. The number of nitrogens with one attached hydrogen (secondary N) is 1. The highest BCUT2D eigenvalue weighted by molar-refractivity contribution is 6.09. The van der Waals surface area contributed by atoms with Crippen molar-refractivity contribution in [3.63, 3.8) is 0 Å². The average Bonchev–Trinajstić information content (AvgIpc) is 2.70. The zero-order valence-electron chi connectivity index (χ0n) is 15.8. The van der Waals surface area contributed by atoms with Crippen LogP contribution in [0.2, 0.25) is 0 Å². The van der Waals surface area contributed by atoms with Gasteiger partial charge in [0.15, 0.2) is 5.78 Å². The van der Waals surface area contributed by atoms with Crippen molar-refractivity contribution < 1.29 is 27.6 Å². The number of halogens is 3. The minimum Gasteiger partial charge on any atom is -0.326 e. The summed E-state index contributed by atoms with van der Waals surface area (Å²) in [6.45, 7) is 0. The maximum Gasteiger partial charge on any atom is 0.449 e. The second-order valence-corrected chi connectivity index (χ2v) is 6.66. The van der Waals surface area contributed by atoms with E-state index < -0.39 is 18.4 Å². The van der Waals surface area contributed by atoms with E-state index in [4.69, 9.17) is 0 Å². The second-order valence-electron chi connectivity index (χ2n) is 6.66. The standard InChI is InChI=1S/C22H22F3NO3/c23-22(24,25)19(27)13-6-1-2-7-14-20(28)26-18-12-8-11-17(15-18)21(29)16-9-4-3-5-10-16/h3-5,8-12,15H,1-2,6-7,13-14H2,(H,26,28). The highest BCUT2D eigenvalue weighted by Gasteiger charge is 2.36. The number of anilines is 1. The summed E-state index contributed by atoms with van der Waals surface area (Å²) in [6.07, 6.45) is -3.39. The van der Waals surface area contributed by atoms with E-state index in [1.54, 1.807) is 48.5 Å². The molecule has 0 bridgehead atoms. The van der Waals surface area contributed by atoms with Gasteiger partial charge in [0.2, 0.25) is 11.7 Å². The number of Topliss-reactive ketones (excluding diaryl/α,β-unsaturated/α-hetero) is 1. The van der Waals surface area contributed by atoms with Gasteiger partial charge in [0.1, 0.15) is 0 Å². The fraction of sp³-hybridized carbons (Fsp3) is 0.318. The molecular weight excluding hydrogens is 383 g/mol. The third kappa shape index (κ3) is 7.52. The van der Waals surface area contributed by atoms with Crippen LogP contribution < -0.4 is 5.32 Å². The average molecular weight is 405 g/mol. The summed E-state index contributed by atoms with van der Waals surface area (Å²) in [5.74, 6) is -2.09. The quantitative estimate of drug-likeness (QED) is 0.429. The van der Waals surface area contributed by atoms with Gasteiger partial charge in [-0.3, -0.25) is 14.4 Å². The summed E-state index contributed by atoms with van der Waals surface area (Å²) in [4.78, 5) is 35.3. The van der Waals surface area contributed by atoms with Crippen molar-refractivity contribution in [1.82, 2.24) is 0 Å². The number of amides is 1. The van der Waals surface area contributed by atoms with Gasteiger partial charge in [-0.2, -0.15) is 13.2 Å². The molecule has 0 aromatic heterocycles. The van der Waals surface area contributed by atoms with Crippen molar-refractivity contribution in [3.05, 3.63) is 65.7 Å². The van der Waals surface area contributed by atoms with E-state index in [1.165, 1.54) is 0 Å². The molecule has 0 aliphatic carbocycles. The molecular formula is C22H22F3NO3. The van der Waals surface area contributed by atoms with Crippen molar-refractivity contribution in [2.75, 3.05) is 5.32 Å². The van der Waals surface area contributed by atoms with E-state index in [0.717, 1.165) is 0 Å². The van der Waals surface area contributed by atoms with Gasteiger partial charge < -0.3 is 5.32 Å². The van der Waals surface area contributed by atoms with Gasteiger partial charge in [-0.25, -0.2) is 0 Å². The Morgan fingerprint density at radius 3 is 2.03 bits per heavy atom. The molecule has 0 spiro atoms. The summed E-state index contributed by atoms with van der Waals surface area (Å²) >= 11 is 0. The Kier molecular flexibility index (Phi) is 8.12. The number of rotatable bonds is 10. The van der Waals surface area contributed by atoms with Gasteiger partial charge >= 0.3 is 6.18 Å². The Bertz CT molecular complexity index is 848. The highest BCUT2D eigenvalue weighted by Crippen LogP contribution is 2.20. The highest BCUT2D eigenvalue weighted by atomic mass is 19.4. The molecule has 0 atom stereocenters. The van der Waals surface area contributed by atoms with Crippen LogP contribution in [0, 0.1) is 0 Å². The Hall–Kier alpha value is -2.96. The van der Waals surface area contributed by atoms with Gasteiger partial charge in [0, 0.05) is 29.7 Å². The molecule has 154 valence electrons. The van der Waals surface area contributed by atoms with E-state index in [-0.39, 0.29) is 24.5 Å². The molecule has 7 heteroatoms. The second kappa shape index (κ2) is 10.5. The van der Waals surface area contributed by atoms with Gasteiger partial charge in [-0.1, -0.05) is 55.3 Å². The van der Waals surface area contributed by atoms with Gasteiger partial charge in [-0.05, 0) is 25.0 Å². The van der Waals surface area contributed by atoms with Crippen LogP contribution in [0.4, 0.5) is 18.9 Å². The molecule has 2 aromatic rings. The number of carbonyl (C=O) groups is 3. The molecule has 0 fully saturated rings. The van der Waals surface area contributed by atoms with Gasteiger partial charge in [0.25, 0.3) is 0 Å². The molecule has 29 heavy (non-hydrogen) atoms. The lowest BCUT2D eigenvalue weighted by atomic mass is 10.0. The summed E-state index contributed by atoms with van der Waals surface area (Å²) < 4.78 is 36.3. The Morgan fingerprint density at radius 1 is 0.759 bits per heavy atom. The number of alkyl halides is 3. The Morgan fingerprint density at radius 2 is 1.38 bits per heavy atom. The monoisotopic (exact) mass is 405 g/mol. The maximum atomic E-state index is 12.5. The van der Waals surface area contributed by atoms with E-state index in [0.29, 0.717) is 36.1 Å². The zero-order valence-corrected chi connectivity index (χ0v) is 15.8. The van der Waals surface area contributed by atoms with Crippen LogP contribution in [0.5, 0.6) is 0 Å². The number of ketones is 2. The van der Waals surface area contributed by atoms with Crippen molar-refractivity contribution in [2.45, 2.75) is 44.7 Å². The van der Waals surface area contributed by atoms with E-state index in [9.17, 15) is 27.6 Å². The number of hydrogen-bond acceptors (Lipinski definition) is 3. The number of benzene rings is 2. The molecule has 4 nitrogen and oxygen atoms in total. The van der Waals surface area contributed by atoms with Crippen LogP contribution >= 0.6 is 0 Å². The fourth-order valence-electron chi connectivity index (χ4n) is 2.78. The van der Waals surface area contributed by atoms with Crippen LogP contribution in [0.1, 0.15) is 54.4 Å². The summed E-state index contributed by atoms with van der Waals surface area (Å²) in [5.41, 5.74) is 1.52. The lowest BCUT2D eigenvalue weighted by Crippen LogP contribution is -2.22. The molecule has 0 saturated carbocycles. The number of carbonyl (C=O) groups excluding carboxylic acids is 3. The molecule has 0 aliphatic heterocycles. The zero-order chi connectivity index (χ0) is 21.3. The van der Waals surface area contributed by atoms with Crippen molar-refractivity contribution in [3.8, 4) is 0 Å². The number of hydrogen-bond donors (Lipinski definition) is 1. The van der Waals surface area contributed by atoms with Gasteiger partial charge in [-0.15, -0.1) is 0 Å². The topological polar surface area (TPSA) is 63.2 Å². The largest absolute Gasteiger partial charge is 0.449 e. The molecule has 0 saturated heterocycles. The smallest absolute Gasteiger partial charge is 0.326 e. The summed E-state index contributed by atoms with van der Waals surface area (Å²) in [6, 6.07) is 15.5. The van der Waals surface area contributed by atoms with Crippen molar-refractivity contribution >= 4 is 23.2 Å². The maximum absolute atomic E-state index is 12.5. The lowest BCUT2D eigenvalue weighted by molar-refractivity contribution is -0.171.